The average Bonchev–Trinajstić information content (AvgIpc) is 3.05. The van der Waals surface area contributed by atoms with E-state index in [1.165, 1.54) is 141 Å². The van der Waals surface area contributed by atoms with Gasteiger partial charge < -0.3 is 9.66 Å². The summed E-state index contributed by atoms with van der Waals surface area (Å²) in [4.78, 5) is 26.7. The highest BCUT2D eigenvalue weighted by molar-refractivity contribution is 7.80. The third-order valence-corrected chi connectivity index (χ3v) is 9.79. The van der Waals surface area contributed by atoms with Crippen molar-refractivity contribution >= 4 is 22.2 Å². The number of carbonyl (C=O) groups is 2. The van der Waals surface area contributed by atoms with Gasteiger partial charge in [-0.05, 0) is 19.8 Å². The first-order valence-electron chi connectivity index (χ1n) is 19.7. The number of hydrogen-bond donors (Lipinski definition) is 1. The van der Waals surface area contributed by atoms with Gasteiger partial charge in [0, 0.05) is 13.0 Å². The van der Waals surface area contributed by atoms with E-state index in [2.05, 4.69) is 18.0 Å². The Morgan fingerprint density at radius 3 is 1.00 bits per heavy atom. The van der Waals surface area contributed by atoms with Crippen molar-refractivity contribution in [2.75, 3.05) is 26.8 Å². The summed E-state index contributed by atoms with van der Waals surface area (Å²) >= 11 is 0. The molecular weight excluding hydrogens is 614 g/mol. The molecule has 47 heavy (non-hydrogen) atoms. The number of aliphatic hydroxyl groups is 1. The highest BCUT2D eigenvalue weighted by atomic mass is 32.3. The standard InChI is InChI=1S/C37H74NO3.CH4O4S/c1-4-7-9-11-13-15-17-19-21-23-25-27-29-32-36(40)38(6-3,34-31-35-39)37(41)33-30-28-26-24-22-20-18-16-14-12-10-8-5-2;1-5-6(2,3)4/h39H,4-35H2,1-3H3;1H3,(H,2,3,4)/q+1;/p-1. The Morgan fingerprint density at radius 2 is 0.787 bits per heavy atom. The van der Waals surface area contributed by atoms with Gasteiger partial charge in [0.2, 0.25) is 10.4 Å². The normalized spacial score (nSPS) is 11.8. The molecule has 0 aromatic carbocycles. The zero-order valence-electron chi connectivity index (χ0n) is 31.4. The molecule has 0 aliphatic carbocycles. The van der Waals surface area contributed by atoms with E-state index in [4.69, 9.17) is 0 Å². The van der Waals surface area contributed by atoms with E-state index >= 15 is 0 Å². The largest absolute Gasteiger partial charge is 0.726 e. The Labute approximate surface area is 291 Å². The number of aliphatic hydroxyl groups excluding tert-OH is 1. The van der Waals surface area contributed by atoms with Crippen molar-refractivity contribution in [1.29, 1.82) is 0 Å². The summed E-state index contributed by atoms with van der Waals surface area (Å²) in [6.45, 7) is 7.54. The number of imide groups is 1. The molecule has 0 heterocycles. The van der Waals surface area contributed by atoms with Crippen molar-refractivity contribution in [2.24, 2.45) is 0 Å². The van der Waals surface area contributed by atoms with E-state index in [-0.39, 0.29) is 22.9 Å². The van der Waals surface area contributed by atoms with E-state index in [9.17, 15) is 27.7 Å². The molecule has 0 saturated heterocycles. The molecule has 0 atom stereocenters. The number of quaternary nitrogens is 1. The van der Waals surface area contributed by atoms with E-state index in [0.717, 1.165) is 32.8 Å². The summed E-state index contributed by atoms with van der Waals surface area (Å²) in [5.74, 6) is 0.174. The topological polar surface area (TPSA) is 121 Å². The Balaban J connectivity index is 0. The lowest BCUT2D eigenvalue weighted by molar-refractivity contribution is -0.778. The van der Waals surface area contributed by atoms with Crippen LogP contribution in [0.1, 0.15) is 207 Å². The van der Waals surface area contributed by atoms with Crippen molar-refractivity contribution in [2.45, 2.75) is 207 Å². The third-order valence-electron chi connectivity index (χ3n) is 9.39. The predicted octanol–water partition coefficient (Wildman–Crippen LogP) is 10.3. The van der Waals surface area contributed by atoms with Gasteiger partial charge in [0.05, 0.1) is 33.0 Å². The SMILES string of the molecule is CCCCCCCCCCCCCCCC(=O)[N+](CC)(CCCO)C(=O)CCCCCCCCCCCCCCC.COS(=O)(=O)[O-]. The Hall–Kier alpha value is -0.870. The van der Waals surface area contributed by atoms with E-state index < -0.39 is 10.4 Å². The molecule has 0 unspecified atom stereocenters. The molecule has 0 aromatic rings. The second-order valence-electron chi connectivity index (χ2n) is 13.4. The first kappa shape index (κ1) is 48.2. The smallest absolute Gasteiger partial charge is 0.321 e. The molecule has 0 radical (unpaired) electrons. The summed E-state index contributed by atoms with van der Waals surface area (Å²) in [6.07, 6.45) is 35.0. The molecule has 0 rings (SSSR count). The van der Waals surface area contributed by atoms with Crippen LogP contribution in [0.2, 0.25) is 0 Å². The Bertz CT molecular complexity index is 762. The molecule has 9 heteroatoms. The van der Waals surface area contributed by atoms with Gasteiger partial charge in [-0.25, -0.2) is 18.0 Å². The first-order chi connectivity index (χ1) is 22.6. The van der Waals surface area contributed by atoms with Crippen LogP contribution in [0, 0.1) is 0 Å². The lowest BCUT2D eigenvalue weighted by Crippen LogP contribution is -2.57. The molecule has 282 valence electrons. The summed E-state index contributed by atoms with van der Waals surface area (Å²) in [6, 6.07) is 0. The maximum absolute atomic E-state index is 13.3. The maximum atomic E-state index is 13.3. The number of unbranched alkanes of at least 4 members (excludes halogenated alkanes) is 24. The van der Waals surface area contributed by atoms with Crippen LogP contribution in [-0.2, 0) is 24.2 Å². The third kappa shape index (κ3) is 30.9. The number of nitrogens with zero attached hydrogens (tertiary/aromatic N) is 1. The van der Waals surface area contributed by atoms with E-state index in [1.807, 2.05) is 6.92 Å². The van der Waals surface area contributed by atoms with Gasteiger partial charge in [0.15, 0.2) is 0 Å². The lowest BCUT2D eigenvalue weighted by Gasteiger charge is -2.32. The predicted molar refractivity (Wildman–Crippen MR) is 195 cm³/mol. The molecule has 2 amide bonds. The molecule has 0 saturated carbocycles. The number of hydrogen-bond acceptors (Lipinski definition) is 7. The number of rotatable bonds is 33. The summed E-state index contributed by atoms with van der Waals surface area (Å²) in [7, 11) is -3.60. The fraction of sp³-hybridized carbons (Fsp3) is 0.947. The van der Waals surface area contributed by atoms with Crippen LogP contribution in [0.3, 0.4) is 0 Å². The number of amides is 2. The van der Waals surface area contributed by atoms with Crippen molar-refractivity contribution < 1.29 is 36.3 Å². The van der Waals surface area contributed by atoms with Crippen molar-refractivity contribution in [3.05, 3.63) is 0 Å². The maximum Gasteiger partial charge on any atom is 0.321 e. The molecule has 0 aliphatic heterocycles. The fourth-order valence-corrected chi connectivity index (χ4v) is 6.26. The van der Waals surface area contributed by atoms with Gasteiger partial charge in [0.1, 0.15) is 0 Å². The van der Waals surface area contributed by atoms with Gasteiger partial charge in [-0.2, -0.15) is 4.48 Å². The van der Waals surface area contributed by atoms with Crippen LogP contribution >= 0.6 is 0 Å². The molecule has 0 bridgehead atoms. The minimum atomic E-state index is -4.41. The number of carbonyl (C=O) groups excluding carboxylic acids is 2. The highest BCUT2D eigenvalue weighted by Gasteiger charge is 2.41. The van der Waals surface area contributed by atoms with Crippen LogP contribution in [0.15, 0.2) is 0 Å². The monoisotopic (exact) mass is 692 g/mol. The van der Waals surface area contributed by atoms with Crippen LogP contribution < -0.4 is 0 Å². The van der Waals surface area contributed by atoms with Crippen LogP contribution in [-0.4, -0.2) is 61.2 Å². The first-order valence-corrected chi connectivity index (χ1v) is 21.0. The van der Waals surface area contributed by atoms with Gasteiger partial charge in [0.25, 0.3) is 0 Å². The van der Waals surface area contributed by atoms with Crippen molar-refractivity contribution in [1.82, 2.24) is 0 Å². The van der Waals surface area contributed by atoms with Crippen LogP contribution in [0.4, 0.5) is 0 Å². The Kier molecular flexibility index (Phi) is 35.9. The fourth-order valence-electron chi connectivity index (χ4n) is 6.26. The van der Waals surface area contributed by atoms with Crippen molar-refractivity contribution in [3.8, 4) is 0 Å². The molecule has 1 N–H and O–H groups in total. The van der Waals surface area contributed by atoms with E-state index in [0.29, 0.717) is 32.4 Å². The molecular formula is C38H77NO7S. The Morgan fingerprint density at radius 1 is 0.532 bits per heavy atom. The minimum absolute atomic E-state index is 0.0397. The zero-order chi connectivity index (χ0) is 35.5. The quantitative estimate of drug-likeness (QED) is 0.0315. The van der Waals surface area contributed by atoms with Crippen molar-refractivity contribution in [3.63, 3.8) is 0 Å². The average molecular weight is 692 g/mol. The highest BCUT2D eigenvalue weighted by Crippen LogP contribution is 2.20. The second kappa shape index (κ2) is 35.0. The minimum Gasteiger partial charge on any atom is -0.726 e. The molecule has 0 aromatic heterocycles. The summed E-state index contributed by atoms with van der Waals surface area (Å²) < 4.78 is 31.0. The molecule has 0 aliphatic rings. The molecule has 0 spiro atoms. The van der Waals surface area contributed by atoms with Gasteiger partial charge in [-0.1, -0.05) is 168 Å². The van der Waals surface area contributed by atoms with Gasteiger partial charge in [-0.3, -0.25) is 4.18 Å². The molecule has 8 nitrogen and oxygen atoms in total. The van der Waals surface area contributed by atoms with Gasteiger partial charge >= 0.3 is 11.8 Å². The zero-order valence-corrected chi connectivity index (χ0v) is 32.2. The summed E-state index contributed by atoms with van der Waals surface area (Å²) in [5, 5.41) is 9.45. The van der Waals surface area contributed by atoms with Crippen LogP contribution in [0.25, 0.3) is 0 Å². The second-order valence-corrected chi connectivity index (χ2v) is 14.6. The molecule has 0 fully saturated rings. The summed E-state index contributed by atoms with van der Waals surface area (Å²) in [5.41, 5.74) is 0. The van der Waals surface area contributed by atoms with Gasteiger partial charge in [-0.15, -0.1) is 0 Å². The van der Waals surface area contributed by atoms with Crippen LogP contribution in [0.5, 0.6) is 0 Å². The lowest BCUT2D eigenvalue weighted by atomic mass is 10.0. The van der Waals surface area contributed by atoms with E-state index in [1.54, 1.807) is 0 Å².